The molecule has 3 nitrogen and oxygen atoms in total. The Kier molecular flexibility index (Phi) is 4.77. The molecule has 2 rings (SSSR count). The average molecular weight is 286 g/mol. The van der Waals surface area contributed by atoms with Crippen LogP contribution in [0.1, 0.15) is 24.8 Å². The highest BCUT2D eigenvalue weighted by Gasteiger charge is 2.28. The van der Waals surface area contributed by atoms with Gasteiger partial charge in [-0.1, -0.05) is 24.1 Å². The van der Waals surface area contributed by atoms with Gasteiger partial charge in [-0.05, 0) is 25.0 Å². The second-order valence-corrected chi connectivity index (χ2v) is 5.33. The van der Waals surface area contributed by atoms with Crippen LogP contribution in [-0.4, -0.2) is 23.7 Å². The van der Waals surface area contributed by atoms with E-state index in [-0.39, 0.29) is 41.5 Å². The molecule has 1 aromatic rings. The summed E-state index contributed by atoms with van der Waals surface area (Å²) in [7, 11) is 0. The molecule has 0 bridgehead atoms. The van der Waals surface area contributed by atoms with Crippen molar-refractivity contribution in [2.24, 2.45) is 5.92 Å². The molecule has 2 N–H and O–H groups in total. The molecule has 0 aromatic heterocycles. The number of halogens is 2. The fourth-order valence-electron chi connectivity index (χ4n) is 2.56. The smallest absolute Gasteiger partial charge is 0.224 e. The maximum absolute atomic E-state index is 13.6. The minimum absolute atomic E-state index is 0.0111. The average Bonchev–Trinajstić information content (AvgIpc) is 2.81. The van der Waals surface area contributed by atoms with Gasteiger partial charge in [-0.3, -0.25) is 4.79 Å². The first-order valence-electron chi connectivity index (χ1n) is 6.45. The van der Waals surface area contributed by atoms with E-state index in [0.29, 0.717) is 0 Å². The Morgan fingerprint density at radius 3 is 2.95 bits per heavy atom. The predicted octanol–water partition coefficient (Wildman–Crippen LogP) is 2.30. The van der Waals surface area contributed by atoms with Crippen molar-refractivity contribution in [1.29, 1.82) is 0 Å². The Labute approximate surface area is 116 Å². The zero-order valence-corrected chi connectivity index (χ0v) is 11.3. The largest absolute Gasteiger partial charge is 0.396 e. The third kappa shape index (κ3) is 3.45. The Bertz CT molecular complexity index is 447. The first-order chi connectivity index (χ1) is 9.11. The first-order valence-corrected chi connectivity index (χ1v) is 6.82. The predicted molar refractivity (Wildman–Crippen MR) is 71.5 cm³/mol. The zero-order valence-electron chi connectivity index (χ0n) is 10.5. The number of aliphatic hydroxyl groups excluding tert-OH is 1. The molecule has 0 spiro atoms. The lowest BCUT2D eigenvalue weighted by Crippen LogP contribution is -2.39. The highest BCUT2D eigenvalue weighted by Crippen LogP contribution is 2.25. The van der Waals surface area contributed by atoms with Crippen molar-refractivity contribution < 1.29 is 14.3 Å². The van der Waals surface area contributed by atoms with Gasteiger partial charge in [0.15, 0.2) is 0 Å². The van der Waals surface area contributed by atoms with Gasteiger partial charge in [0.05, 0.1) is 6.42 Å². The summed E-state index contributed by atoms with van der Waals surface area (Å²) in [5.41, 5.74) is 0.222. The molecular weight excluding hydrogens is 269 g/mol. The summed E-state index contributed by atoms with van der Waals surface area (Å²) in [5, 5.41) is 12.3. The van der Waals surface area contributed by atoms with Gasteiger partial charge < -0.3 is 10.4 Å². The fraction of sp³-hybridized carbons (Fsp3) is 0.500. The highest BCUT2D eigenvalue weighted by atomic mass is 35.5. The summed E-state index contributed by atoms with van der Waals surface area (Å²) in [6, 6.07) is 4.36. The zero-order chi connectivity index (χ0) is 13.8. The number of amides is 1. The van der Waals surface area contributed by atoms with E-state index < -0.39 is 5.82 Å². The SMILES string of the molecule is O=C(Cc1c(F)cccc1Cl)NC1CCCC1CO. The maximum Gasteiger partial charge on any atom is 0.224 e. The number of benzene rings is 1. The van der Waals surface area contributed by atoms with Crippen LogP contribution in [0.25, 0.3) is 0 Å². The van der Waals surface area contributed by atoms with Crippen LogP contribution in [0.5, 0.6) is 0 Å². The van der Waals surface area contributed by atoms with Gasteiger partial charge in [-0.25, -0.2) is 4.39 Å². The van der Waals surface area contributed by atoms with E-state index >= 15 is 0 Å². The molecule has 1 aliphatic rings. The third-order valence-electron chi connectivity index (χ3n) is 3.64. The second kappa shape index (κ2) is 6.35. The Balaban J connectivity index is 1.98. The monoisotopic (exact) mass is 285 g/mol. The molecule has 0 aliphatic heterocycles. The van der Waals surface area contributed by atoms with Crippen molar-refractivity contribution in [1.82, 2.24) is 5.32 Å². The summed E-state index contributed by atoms with van der Waals surface area (Å²) < 4.78 is 13.6. The molecule has 104 valence electrons. The molecule has 1 aromatic carbocycles. The summed E-state index contributed by atoms with van der Waals surface area (Å²) in [6.45, 7) is 0.0748. The van der Waals surface area contributed by atoms with Crippen molar-refractivity contribution in [3.05, 3.63) is 34.6 Å². The van der Waals surface area contributed by atoms with Crippen molar-refractivity contribution in [3.63, 3.8) is 0 Å². The Morgan fingerprint density at radius 1 is 1.47 bits per heavy atom. The number of aliphatic hydroxyl groups is 1. The second-order valence-electron chi connectivity index (χ2n) is 4.92. The van der Waals surface area contributed by atoms with Crippen molar-refractivity contribution in [3.8, 4) is 0 Å². The van der Waals surface area contributed by atoms with Gasteiger partial charge in [0.25, 0.3) is 0 Å². The molecule has 0 radical (unpaired) electrons. The van der Waals surface area contributed by atoms with Gasteiger partial charge in [0, 0.05) is 29.2 Å². The van der Waals surface area contributed by atoms with Crippen molar-refractivity contribution in [2.45, 2.75) is 31.7 Å². The van der Waals surface area contributed by atoms with E-state index in [9.17, 15) is 14.3 Å². The van der Waals surface area contributed by atoms with Gasteiger partial charge in [0.1, 0.15) is 5.82 Å². The van der Waals surface area contributed by atoms with E-state index in [1.807, 2.05) is 0 Å². The van der Waals surface area contributed by atoms with E-state index in [0.717, 1.165) is 19.3 Å². The Morgan fingerprint density at radius 2 is 2.26 bits per heavy atom. The lowest BCUT2D eigenvalue weighted by Gasteiger charge is -2.19. The van der Waals surface area contributed by atoms with Crippen molar-refractivity contribution in [2.75, 3.05) is 6.61 Å². The number of carbonyl (C=O) groups excluding carboxylic acids is 1. The molecule has 5 heteroatoms. The van der Waals surface area contributed by atoms with Crippen LogP contribution in [0.4, 0.5) is 4.39 Å². The number of nitrogens with one attached hydrogen (secondary N) is 1. The van der Waals surface area contributed by atoms with E-state index in [4.69, 9.17) is 11.6 Å². The molecular formula is C14H17ClFNO2. The van der Waals surface area contributed by atoms with Crippen LogP contribution in [0.2, 0.25) is 5.02 Å². The number of rotatable bonds is 4. The highest BCUT2D eigenvalue weighted by molar-refractivity contribution is 6.31. The third-order valence-corrected chi connectivity index (χ3v) is 3.99. The van der Waals surface area contributed by atoms with Crippen LogP contribution in [0.15, 0.2) is 18.2 Å². The van der Waals surface area contributed by atoms with Gasteiger partial charge in [-0.15, -0.1) is 0 Å². The van der Waals surface area contributed by atoms with Gasteiger partial charge in [0.2, 0.25) is 5.91 Å². The molecule has 19 heavy (non-hydrogen) atoms. The van der Waals surface area contributed by atoms with Crippen LogP contribution in [0.3, 0.4) is 0 Å². The Hall–Kier alpha value is -1.13. The minimum Gasteiger partial charge on any atom is -0.396 e. The standard InChI is InChI=1S/C14H17ClFNO2/c15-11-4-2-5-12(16)10(11)7-14(19)17-13-6-1-3-9(13)8-18/h2,4-5,9,13,18H,1,3,6-8H2,(H,17,19). The quantitative estimate of drug-likeness (QED) is 0.892. The first kappa shape index (κ1) is 14.3. The van der Waals surface area contributed by atoms with Crippen LogP contribution >= 0.6 is 11.6 Å². The molecule has 1 saturated carbocycles. The number of hydrogen-bond donors (Lipinski definition) is 2. The van der Waals surface area contributed by atoms with Crippen LogP contribution in [-0.2, 0) is 11.2 Å². The fourth-order valence-corrected chi connectivity index (χ4v) is 2.79. The topological polar surface area (TPSA) is 49.3 Å². The van der Waals surface area contributed by atoms with Gasteiger partial charge >= 0.3 is 0 Å². The molecule has 2 unspecified atom stereocenters. The molecule has 1 amide bonds. The van der Waals surface area contributed by atoms with Crippen LogP contribution < -0.4 is 5.32 Å². The van der Waals surface area contributed by atoms with Crippen LogP contribution in [0, 0.1) is 11.7 Å². The lowest BCUT2D eigenvalue weighted by molar-refractivity contribution is -0.121. The molecule has 1 aliphatic carbocycles. The molecule has 1 fully saturated rings. The summed E-state index contributed by atoms with van der Waals surface area (Å²) in [4.78, 5) is 11.9. The van der Waals surface area contributed by atoms with Gasteiger partial charge in [-0.2, -0.15) is 0 Å². The van der Waals surface area contributed by atoms with E-state index in [2.05, 4.69) is 5.32 Å². The maximum atomic E-state index is 13.6. The van der Waals surface area contributed by atoms with E-state index in [1.54, 1.807) is 6.07 Å². The van der Waals surface area contributed by atoms with Crippen molar-refractivity contribution >= 4 is 17.5 Å². The normalized spacial score (nSPS) is 22.5. The number of hydrogen-bond acceptors (Lipinski definition) is 2. The molecule has 0 heterocycles. The van der Waals surface area contributed by atoms with E-state index in [1.165, 1.54) is 12.1 Å². The summed E-state index contributed by atoms with van der Waals surface area (Å²) in [6.07, 6.45) is 2.71. The summed E-state index contributed by atoms with van der Waals surface area (Å²) in [5.74, 6) is -0.606. The molecule has 0 saturated heterocycles. The molecule has 2 atom stereocenters. The lowest BCUT2D eigenvalue weighted by atomic mass is 10.0. The minimum atomic E-state index is -0.465. The summed E-state index contributed by atoms with van der Waals surface area (Å²) >= 11 is 5.89. The number of carbonyl (C=O) groups is 1.